The fourth-order valence-corrected chi connectivity index (χ4v) is 2.82. The van der Waals surface area contributed by atoms with Crippen molar-refractivity contribution in [2.75, 3.05) is 11.9 Å². The van der Waals surface area contributed by atoms with Crippen LogP contribution in [0.2, 0.25) is 0 Å². The van der Waals surface area contributed by atoms with E-state index in [1.54, 1.807) is 17.5 Å². The van der Waals surface area contributed by atoms with Gasteiger partial charge in [-0.05, 0) is 23.6 Å². The smallest absolute Gasteiger partial charge is 0.136 e. The number of pyridine rings is 1. The third-order valence-corrected chi connectivity index (χ3v) is 4.41. The molecule has 0 spiro atoms. The van der Waals surface area contributed by atoms with Crippen LogP contribution in [-0.2, 0) is 5.41 Å². The Morgan fingerprint density at radius 3 is 2.84 bits per heavy atom. The van der Waals surface area contributed by atoms with Gasteiger partial charge in [-0.2, -0.15) is 0 Å². The monoisotopic (exact) mass is 291 g/mol. The van der Waals surface area contributed by atoms with Crippen LogP contribution in [0, 0.1) is 0 Å². The van der Waals surface area contributed by atoms with Crippen molar-refractivity contribution in [2.24, 2.45) is 5.73 Å². The van der Waals surface area contributed by atoms with Crippen LogP contribution in [0.1, 0.15) is 24.3 Å². The average molecular weight is 291 g/mol. The lowest BCUT2D eigenvalue weighted by Crippen LogP contribution is -2.28. The van der Waals surface area contributed by atoms with E-state index < -0.39 is 0 Å². The maximum Gasteiger partial charge on any atom is 0.136 e. The number of hydrogen-bond acceptors (Lipinski definition) is 4. The lowest BCUT2D eigenvalue weighted by molar-refractivity contribution is 0.568. The molecule has 0 bridgehead atoms. The number of hydrogen-bond donors (Lipinski definition) is 2. The van der Waals surface area contributed by atoms with Crippen molar-refractivity contribution < 1.29 is 0 Å². The summed E-state index contributed by atoms with van der Waals surface area (Å²) in [6.07, 6.45) is 1.74. The van der Waals surface area contributed by atoms with Crippen LogP contribution in [0.4, 0.5) is 5.82 Å². The van der Waals surface area contributed by atoms with Gasteiger partial charge in [0.15, 0.2) is 0 Å². The molecule has 2 rings (SSSR count). The molecule has 0 amide bonds. The summed E-state index contributed by atoms with van der Waals surface area (Å²) in [5, 5.41) is 5.45. The maximum absolute atomic E-state index is 5.70. The van der Waals surface area contributed by atoms with E-state index in [1.807, 2.05) is 12.1 Å². The van der Waals surface area contributed by atoms with Gasteiger partial charge in [0.05, 0.1) is 5.56 Å². The zero-order valence-electron chi connectivity index (χ0n) is 11.0. The van der Waals surface area contributed by atoms with Gasteiger partial charge in [0, 0.05) is 23.0 Å². The molecule has 2 heterocycles. The largest absolute Gasteiger partial charge is 0.389 e. The van der Waals surface area contributed by atoms with Crippen LogP contribution in [0.25, 0.3) is 0 Å². The summed E-state index contributed by atoms with van der Waals surface area (Å²) >= 11 is 6.80. The van der Waals surface area contributed by atoms with Gasteiger partial charge in [-0.3, -0.25) is 0 Å². The molecule has 0 aromatic carbocycles. The van der Waals surface area contributed by atoms with Crippen LogP contribution in [0.3, 0.4) is 0 Å². The first-order valence-corrected chi connectivity index (χ1v) is 7.32. The molecule has 3 N–H and O–H groups in total. The molecule has 3 nitrogen and oxygen atoms in total. The predicted octanol–water partition coefficient (Wildman–Crippen LogP) is 3.17. The minimum Gasteiger partial charge on any atom is -0.389 e. The highest BCUT2D eigenvalue weighted by Crippen LogP contribution is 2.27. The van der Waals surface area contributed by atoms with E-state index in [1.165, 1.54) is 4.88 Å². The molecule has 19 heavy (non-hydrogen) atoms. The van der Waals surface area contributed by atoms with Crippen LogP contribution >= 0.6 is 23.6 Å². The molecule has 2 aromatic heterocycles. The van der Waals surface area contributed by atoms with Crippen molar-refractivity contribution >= 4 is 34.4 Å². The van der Waals surface area contributed by atoms with E-state index in [-0.39, 0.29) is 5.41 Å². The van der Waals surface area contributed by atoms with E-state index >= 15 is 0 Å². The first-order chi connectivity index (χ1) is 9.00. The Morgan fingerprint density at radius 1 is 1.42 bits per heavy atom. The molecule has 0 saturated heterocycles. The zero-order chi connectivity index (χ0) is 13.9. The fourth-order valence-electron chi connectivity index (χ4n) is 1.80. The van der Waals surface area contributed by atoms with Crippen LogP contribution in [0.5, 0.6) is 0 Å². The summed E-state index contributed by atoms with van der Waals surface area (Å²) in [4.78, 5) is 6.01. The lowest BCUT2D eigenvalue weighted by atomic mass is 9.91. The molecule has 0 aliphatic heterocycles. The number of nitrogens with one attached hydrogen (secondary N) is 1. The van der Waals surface area contributed by atoms with Crippen molar-refractivity contribution in [3.05, 3.63) is 46.3 Å². The Hall–Kier alpha value is -1.46. The van der Waals surface area contributed by atoms with Gasteiger partial charge in [0.2, 0.25) is 0 Å². The van der Waals surface area contributed by atoms with Crippen LogP contribution in [0.15, 0.2) is 35.8 Å². The Balaban J connectivity index is 2.13. The number of nitrogens with zero attached hydrogens (tertiary/aromatic N) is 1. The van der Waals surface area contributed by atoms with Crippen molar-refractivity contribution in [3.63, 3.8) is 0 Å². The van der Waals surface area contributed by atoms with Gasteiger partial charge in [0.1, 0.15) is 10.8 Å². The molecule has 0 unspecified atom stereocenters. The van der Waals surface area contributed by atoms with Crippen molar-refractivity contribution in [1.29, 1.82) is 0 Å². The van der Waals surface area contributed by atoms with Crippen LogP contribution in [-0.4, -0.2) is 16.5 Å². The molecule has 0 saturated carbocycles. The fraction of sp³-hybridized carbons (Fsp3) is 0.286. The van der Waals surface area contributed by atoms with Crippen molar-refractivity contribution in [2.45, 2.75) is 19.3 Å². The summed E-state index contributed by atoms with van der Waals surface area (Å²) in [6, 6.07) is 7.95. The SMILES string of the molecule is CC(C)(CNc1ncccc1C(N)=S)c1cccs1. The second kappa shape index (κ2) is 5.67. The average Bonchev–Trinajstić information content (AvgIpc) is 2.91. The Labute approximate surface area is 122 Å². The molecular formula is C14H17N3S2. The minimum atomic E-state index is 0.0408. The summed E-state index contributed by atoms with van der Waals surface area (Å²) in [7, 11) is 0. The predicted molar refractivity (Wildman–Crippen MR) is 86.0 cm³/mol. The summed E-state index contributed by atoms with van der Waals surface area (Å²) < 4.78 is 0. The summed E-state index contributed by atoms with van der Waals surface area (Å²) in [5.74, 6) is 0.750. The second-order valence-corrected chi connectivity index (χ2v) is 6.37. The molecule has 0 atom stereocenters. The van der Waals surface area contributed by atoms with Crippen LogP contribution < -0.4 is 11.1 Å². The number of thiophene rings is 1. The normalized spacial score (nSPS) is 11.3. The van der Waals surface area contributed by atoms with Crippen molar-refractivity contribution in [1.82, 2.24) is 4.98 Å². The first kappa shape index (κ1) is 14.0. The van der Waals surface area contributed by atoms with Gasteiger partial charge in [-0.15, -0.1) is 11.3 Å². The summed E-state index contributed by atoms with van der Waals surface area (Å²) in [6.45, 7) is 5.19. The molecule has 0 aliphatic carbocycles. The standard InChI is InChI=1S/C14H17N3S2/c1-14(2,11-6-4-8-19-11)9-17-13-10(12(15)18)5-3-7-16-13/h3-8H,9H2,1-2H3,(H2,15,18)(H,16,17). The molecule has 2 aromatic rings. The Bertz CT molecular complexity index is 562. The van der Waals surface area contributed by atoms with Gasteiger partial charge >= 0.3 is 0 Å². The van der Waals surface area contributed by atoms with Gasteiger partial charge in [-0.25, -0.2) is 4.98 Å². The second-order valence-electron chi connectivity index (χ2n) is 4.98. The maximum atomic E-state index is 5.70. The van der Waals surface area contributed by atoms with E-state index in [2.05, 4.69) is 41.7 Å². The topological polar surface area (TPSA) is 50.9 Å². The molecule has 0 radical (unpaired) electrons. The first-order valence-electron chi connectivity index (χ1n) is 6.03. The number of thiocarbonyl (C=S) groups is 1. The molecule has 0 aliphatic rings. The van der Waals surface area contributed by atoms with E-state index in [0.29, 0.717) is 4.99 Å². The Kier molecular flexibility index (Phi) is 4.17. The quantitative estimate of drug-likeness (QED) is 0.831. The highest BCUT2D eigenvalue weighted by Gasteiger charge is 2.22. The number of aromatic nitrogens is 1. The number of rotatable bonds is 5. The molecule has 0 fully saturated rings. The highest BCUT2D eigenvalue weighted by molar-refractivity contribution is 7.80. The van der Waals surface area contributed by atoms with Gasteiger partial charge in [0.25, 0.3) is 0 Å². The minimum absolute atomic E-state index is 0.0408. The van der Waals surface area contributed by atoms with Crippen molar-refractivity contribution in [3.8, 4) is 0 Å². The Morgan fingerprint density at radius 2 is 2.21 bits per heavy atom. The van der Waals surface area contributed by atoms with Gasteiger partial charge < -0.3 is 11.1 Å². The van der Waals surface area contributed by atoms with E-state index in [0.717, 1.165) is 17.9 Å². The molecular weight excluding hydrogens is 274 g/mol. The van der Waals surface area contributed by atoms with Gasteiger partial charge in [-0.1, -0.05) is 32.1 Å². The van der Waals surface area contributed by atoms with E-state index in [4.69, 9.17) is 18.0 Å². The summed E-state index contributed by atoms with van der Waals surface area (Å²) in [5.41, 5.74) is 6.53. The third kappa shape index (κ3) is 3.30. The number of nitrogens with two attached hydrogens (primary N) is 1. The lowest BCUT2D eigenvalue weighted by Gasteiger charge is -2.24. The zero-order valence-corrected chi connectivity index (χ0v) is 12.6. The highest BCUT2D eigenvalue weighted by atomic mass is 32.1. The van der Waals surface area contributed by atoms with E-state index in [9.17, 15) is 0 Å². The molecule has 5 heteroatoms. The number of anilines is 1. The third-order valence-electron chi connectivity index (χ3n) is 2.96. The molecule has 100 valence electrons.